The lowest BCUT2D eigenvalue weighted by Crippen LogP contribution is -2.38. The first kappa shape index (κ1) is 29.9. The topological polar surface area (TPSA) is 86.5 Å². The highest BCUT2D eigenvalue weighted by atomic mass is 35.5. The number of benzene rings is 2. The van der Waals surface area contributed by atoms with Crippen molar-refractivity contribution in [1.29, 1.82) is 0 Å². The predicted octanol–water partition coefficient (Wildman–Crippen LogP) is 7.00. The average Bonchev–Trinajstić information content (AvgIpc) is 3.38. The van der Waals surface area contributed by atoms with Crippen molar-refractivity contribution in [2.75, 3.05) is 0 Å². The van der Waals surface area contributed by atoms with Crippen LogP contribution in [-0.4, -0.2) is 51.9 Å². The normalized spacial score (nSPS) is 32.0. The minimum atomic E-state index is -0.145. The Hall–Kier alpha value is -2.78. The van der Waals surface area contributed by atoms with Gasteiger partial charge in [-0.3, -0.25) is 0 Å². The van der Waals surface area contributed by atoms with Crippen molar-refractivity contribution in [1.82, 2.24) is 29.5 Å². The van der Waals surface area contributed by atoms with Gasteiger partial charge in [0.2, 0.25) is 0 Å². The lowest BCUT2D eigenvalue weighted by atomic mass is 9.76. The zero-order valence-corrected chi connectivity index (χ0v) is 27.4. The van der Waals surface area contributed by atoms with Gasteiger partial charge in [-0.05, 0) is 71.9 Å². The molecule has 4 aliphatic rings. The maximum absolute atomic E-state index is 6.43. The predicted molar refractivity (Wildman–Crippen MR) is 169 cm³/mol. The molecule has 2 aromatic heterocycles. The van der Waals surface area contributed by atoms with Crippen molar-refractivity contribution in [3.8, 4) is 0 Å². The lowest BCUT2D eigenvalue weighted by Gasteiger charge is -2.28. The standard InChI is InChI=1S/2C17H20ClN3O/c2*1-15(2)7-8-16(9-13-3-5-14(18)6-4-13)17(15,22-16)10-21-12-19-11-20-21/h2*3-6,11-12H,7-10H2,1-2H3/t2*16-,17-/m10/s1. The second-order valence-electron chi connectivity index (χ2n) is 14.4. The SMILES string of the molecule is CC1(C)CC[C@@]2(Cc3ccc(Cl)cc3)O[C@@]12Cn1cncn1.CC1(C)CC[C@]2(Cc3ccc(Cl)cc3)O[C@]12Cn1cncn1. The molecule has 0 bridgehead atoms. The molecule has 8 nitrogen and oxygen atoms in total. The van der Waals surface area contributed by atoms with E-state index in [9.17, 15) is 0 Å². The summed E-state index contributed by atoms with van der Waals surface area (Å²) in [5, 5.41) is 10.1. The maximum atomic E-state index is 6.43. The number of halogens is 2. The van der Waals surface area contributed by atoms with Crippen LogP contribution in [0.5, 0.6) is 0 Å². The number of aromatic nitrogens is 6. The first-order chi connectivity index (χ1) is 20.9. The lowest BCUT2D eigenvalue weighted by molar-refractivity contribution is 0.0922. The number of epoxide rings is 2. The van der Waals surface area contributed by atoms with Crippen LogP contribution in [0.25, 0.3) is 0 Å². The maximum Gasteiger partial charge on any atom is 0.137 e. The Labute approximate surface area is 269 Å². The smallest absolute Gasteiger partial charge is 0.137 e. The van der Waals surface area contributed by atoms with Crippen LogP contribution in [0, 0.1) is 10.8 Å². The minimum Gasteiger partial charge on any atom is -0.360 e. The number of hydrogen-bond acceptors (Lipinski definition) is 6. The molecule has 0 radical (unpaired) electrons. The van der Waals surface area contributed by atoms with Crippen molar-refractivity contribution in [3.63, 3.8) is 0 Å². The molecule has 4 atom stereocenters. The van der Waals surface area contributed by atoms with Gasteiger partial charge in [0.25, 0.3) is 0 Å². The summed E-state index contributed by atoms with van der Waals surface area (Å²) in [7, 11) is 0. The first-order valence-electron chi connectivity index (χ1n) is 15.5. The monoisotopic (exact) mass is 634 g/mol. The molecule has 2 saturated carbocycles. The molecule has 2 aliphatic heterocycles. The molecule has 0 amide bonds. The van der Waals surface area contributed by atoms with E-state index < -0.39 is 0 Å². The number of fused-ring (bicyclic) bond motifs is 2. The Morgan fingerprint density at radius 2 is 1.00 bits per heavy atom. The van der Waals surface area contributed by atoms with Crippen molar-refractivity contribution in [2.45, 2.75) is 102 Å². The van der Waals surface area contributed by atoms with Gasteiger partial charge in [0.05, 0.1) is 13.1 Å². The molecule has 0 unspecified atom stereocenters. The van der Waals surface area contributed by atoms with Gasteiger partial charge < -0.3 is 9.47 Å². The Morgan fingerprint density at radius 3 is 1.34 bits per heavy atom. The molecular formula is C34H40Cl2N6O2. The van der Waals surface area contributed by atoms with Gasteiger partial charge in [-0.2, -0.15) is 10.2 Å². The van der Waals surface area contributed by atoms with E-state index in [1.165, 1.54) is 24.0 Å². The fourth-order valence-corrected chi connectivity index (χ4v) is 8.58. The summed E-state index contributed by atoms with van der Waals surface area (Å²) < 4.78 is 16.7. The van der Waals surface area contributed by atoms with Gasteiger partial charge in [0, 0.05) is 22.9 Å². The van der Waals surface area contributed by atoms with Gasteiger partial charge in [-0.1, -0.05) is 75.2 Å². The third-order valence-corrected chi connectivity index (χ3v) is 11.6. The summed E-state index contributed by atoms with van der Waals surface area (Å²) in [6.45, 7) is 10.8. The summed E-state index contributed by atoms with van der Waals surface area (Å²) in [6.07, 6.45) is 13.1. The first-order valence-corrected chi connectivity index (χ1v) is 16.2. The van der Waals surface area contributed by atoms with Crippen LogP contribution < -0.4 is 0 Å². The third-order valence-electron chi connectivity index (χ3n) is 11.1. The molecule has 0 spiro atoms. The van der Waals surface area contributed by atoms with Gasteiger partial charge >= 0.3 is 0 Å². The van der Waals surface area contributed by atoms with Crippen LogP contribution in [0.2, 0.25) is 10.0 Å². The average molecular weight is 636 g/mol. The van der Waals surface area contributed by atoms with E-state index in [4.69, 9.17) is 32.7 Å². The van der Waals surface area contributed by atoms with E-state index in [1.807, 2.05) is 33.6 Å². The van der Waals surface area contributed by atoms with Gasteiger partial charge in [0.1, 0.15) is 47.7 Å². The summed E-state index contributed by atoms with van der Waals surface area (Å²) in [5.41, 5.74) is 2.41. The van der Waals surface area contributed by atoms with Crippen LogP contribution in [-0.2, 0) is 35.4 Å². The molecule has 44 heavy (non-hydrogen) atoms. The van der Waals surface area contributed by atoms with E-state index >= 15 is 0 Å². The highest BCUT2D eigenvalue weighted by Gasteiger charge is 2.80. The van der Waals surface area contributed by atoms with Crippen LogP contribution in [0.1, 0.15) is 64.5 Å². The molecular weight excluding hydrogens is 595 g/mol. The number of nitrogens with zero attached hydrogens (tertiary/aromatic N) is 6. The molecule has 2 aliphatic carbocycles. The Morgan fingerprint density at radius 1 is 0.614 bits per heavy atom. The molecule has 4 heterocycles. The Bertz CT molecular complexity index is 1490. The molecule has 4 fully saturated rings. The number of ether oxygens (including phenoxy) is 2. The van der Waals surface area contributed by atoms with E-state index in [0.29, 0.717) is 0 Å². The molecule has 4 aromatic rings. The second-order valence-corrected chi connectivity index (χ2v) is 15.3. The van der Waals surface area contributed by atoms with Crippen molar-refractivity contribution < 1.29 is 9.47 Å². The van der Waals surface area contributed by atoms with E-state index in [2.05, 4.69) is 72.1 Å². The van der Waals surface area contributed by atoms with Crippen LogP contribution in [0.15, 0.2) is 73.8 Å². The van der Waals surface area contributed by atoms with Crippen LogP contribution in [0.3, 0.4) is 0 Å². The highest BCUT2D eigenvalue weighted by molar-refractivity contribution is 6.30. The van der Waals surface area contributed by atoms with E-state index in [-0.39, 0.29) is 33.2 Å². The Kier molecular flexibility index (Phi) is 7.05. The zero-order valence-electron chi connectivity index (χ0n) is 25.8. The summed E-state index contributed by atoms with van der Waals surface area (Å²) >= 11 is 12.0. The van der Waals surface area contributed by atoms with Crippen LogP contribution >= 0.6 is 23.2 Å². The summed E-state index contributed by atoms with van der Waals surface area (Å²) in [6, 6.07) is 16.2. The Balaban J connectivity index is 0.000000142. The van der Waals surface area contributed by atoms with Gasteiger partial charge in [0.15, 0.2) is 0 Å². The molecule has 10 heteroatoms. The molecule has 2 aromatic carbocycles. The minimum absolute atomic E-state index is 0.0731. The van der Waals surface area contributed by atoms with Gasteiger partial charge in [-0.25, -0.2) is 19.3 Å². The summed E-state index contributed by atoms with van der Waals surface area (Å²) in [4.78, 5) is 8.12. The molecule has 2 saturated heterocycles. The van der Waals surface area contributed by atoms with E-state index in [0.717, 1.165) is 48.8 Å². The van der Waals surface area contributed by atoms with Gasteiger partial charge in [-0.15, -0.1) is 0 Å². The highest BCUT2D eigenvalue weighted by Crippen LogP contribution is 2.70. The fraction of sp³-hybridized carbons (Fsp3) is 0.529. The largest absolute Gasteiger partial charge is 0.360 e. The molecule has 0 N–H and O–H groups in total. The van der Waals surface area contributed by atoms with Crippen LogP contribution in [0.4, 0.5) is 0 Å². The second kappa shape index (κ2) is 10.4. The zero-order chi connectivity index (χ0) is 30.8. The summed E-state index contributed by atoms with van der Waals surface area (Å²) in [5.74, 6) is 0. The fourth-order valence-electron chi connectivity index (χ4n) is 8.33. The quantitative estimate of drug-likeness (QED) is 0.194. The molecule has 232 valence electrons. The van der Waals surface area contributed by atoms with Crippen molar-refractivity contribution >= 4 is 23.2 Å². The van der Waals surface area contributed by atoms with E-state index in [1.54, 1.807) is 25.3 Å². The van der Waals surface area contributed by atoms with Crippen molar-refractivity contribution in [2.24, 2.45) is 10.8 Å². The third kappa shape index (κ3) is 4.80. The number of rotatable bonds is 8. The molecule has 8 rings (SSSR count). The number of hydrogen-bond donors (Lipinski definition) is 0. The van der Waals surface area contributed by atoms with Crippen molar-refractivity contribution in [3.05, 3.63) is 95.0 Å².